The van der Waals surface area contributed by atoms with Crippen LogP contribution in [0.2, 0.25) is 0 Å². The lowest BCUT2D eigenvalue weighted by Gasteiger charge is -2.30. The minimum absolute atomic E-state index is 0.143. The second-order valence-corrected chi connectivity index (χ2v) is 15.2. The van der Waals surface area contributed by atoms with Gasteiger partial charge in [-0.15, -0.1) is 0 Å². The molecule has 226 valence electrons. The van der Waals surface area contributed by atoms with Crippen LogP contribution in [-0.4, -0.2) is 13.4 Å². The predicted molar refractivity (Wildman–Crippen MR) is 209 cm³/mol. The van der Waals surface area contributed by atoms with Gasteiger partial charge in [-0.2, -0.15) is 0 Å². The summed E-state index contributed by atoms with van der Waals surface area (Å²) in [4.78, 5) is 0. The van der Waals surface area contributed by atoms with Gasteiger partial charge in [0, 0.05) is 10.8 Å². The summed E-state index contributed by atoms with van der Waals surface area (Å²) in [5, 5.41) is 8.41. The number of rotatable bonds is 2. The molecule has 0 spiro atoms. The molecule has 10 rings (SSSR count). The van der Waals surface area contributed by atoms with Gasteiger partial charge in [-0.05, 0) is 54.6 Å². The van der Waals surface area contributed by atoms with E-state index in [9.17, 15) is 0 Å². The van der Waals surface area contributed by atoms with Gasteiger partial charge >= 0.3 is 0 Å². The van der Waals surface area contributed by atoms with Gasteiger partial charge in [0.15, 0.2) is 0 Å². The number of fused-ring (bicyclic) bond motifs is 2. The Labute approximate surface area is 284 Å². The summed E-state index contributed by atoms with van der Waals surface area (Å²) in [6, 6.07) is 55.7. The van der Waals surface area contributed by atoms with E-state index in [1.807, 2.05) is 0 Å². The summed E-state index contributed by atoms with van der Waals surface area (Å²) in [7, 11) is 0. The minimum atomic E-state index is -0.168. The first-order chi connectivity index (χ1) is 23.4. The van der Waals surface area contributed by atoms with Crippen molar-refractivity contribution in [2.24, 2.45) is 0 Å². The molecule has 0 saturated heterocycles. The lowest BCUT2D eigenvalue weighted by atomic mass is 9.35. The van der Waals surface area contributed by atoms with E-state index >= 15 is 0 Å². The van der Waals surface area contributed by atoms with Crippen LogP contribution < -0.4 is 32.8 Å². The Bertz CT molecular complexity index is 2380. The summed E-state index contributed by atoms with van der Waals surface area (Å²) in [5.74, 6) is 0. The van der Waals surface area contributed by atoms with Crippen molar-refractivity contribution in [1.82, 2.24) is 0 Å². The van der Waals surface area contributed by atoms with Crippen LogP contribution >= 0.6 is 0 Å². The van der Waals surface area contributed by atoms with Crippen molar-refractivity contribution in [3.8, 4) is 0 Å². The highest BCUT2D eigenvalue weighted by Gasteiger charge is 2.41. The van der Waals surface area contributed by atoms with Crippen molar-refractivity contribution in [3.05, 3.63) is 168 Å². The summed E-state index contributed by atoms with van der Waals surface area (Å²) < 4.78 is 0. The van der Waals surface area contributed by atoms with Gasteiger partial charge in [-0.1, -0.05) is 206 Å². The summed E-state index contributed by atoms with van der Waals surface area (Å²) in [6.07, 6.45) is 0. The Balaban J connectivity index is 1.42. The van der Waals surface area contributed by atoms with Gasteiger partial charge in [-0.3, -0.25) is 0 Å². The molecule has 48 heavy (non-hydrogen) atoms. The third-order valence-corrected chi connectivity index (χ3v) is 12.0. The smallest absolute Gasteiger partial charge is 0.0686 e. The third-order valence-electron chi connectivity index (χ3n) is 12.0. The summed E-state index contributed by atoms with van der Waals surface area (Å²) in [5.41, 5.74) is 13.7. The Kier molecular flexibility index (Phi) is 5.68. The molecular weight excluding hydrogens is 574 g/mol. The zero-order valence-electron chi connectivity index (χ0n) is 28.0. The largest absolute Gasteiger partial charge is 0.242 e. The number of hydrogen-bond donors (Lipinski definition) is 0. The molecule has 8 aromatic rings. The van der Waals surface area contributed by atoms with Crippen LogP contribution in [-0.2, 0) is 10.8 Å². The first-order valence-corrected chi connectivity index (χ1v) is 17.4. The van der Waals surface area contributed by atoms with E-state index in [0.29, 0.717) is 0 Å². The van der Waals surface area contributed by atoms with Gasteiger partial charge in [0.25, 0.3) is 0 Å². The molecule has 0 bridgehead atoms. The van der Waals surface area contributed by atoms with Gasteiger partial charge in [0.2, 0.25) is 13.4 Å². The van der Waals surface area contributed by atoms with E-state index < -0.39 is 0 Å². The van der Waals surface area contributed by atoms with E-state index in [1.165, 1.54) is 87.3 Å². The molecule has 0 saturated carbocycles. The van der Waals surface area contributed by atoms with Crippen molar-refractivity contribution in [3.63, 3.8) is 0 Å². The highest BCUT2D eigenvalue weighted by atomic mass is 14.4. The number of hydrogen-bond acceptors (Lipinski definition) is 0. The predicted octanol–water partition coefficient (Wildman–Crippen LogP) is 6.90. The average molecular weight is 610 g/mol. The highest BCUT2D eigenvalue weighted by Crippen LogP contribution is 2.45. The van der Waals surface area contributed by atoms with E-state index in [-0.39, 0.29) is 24.3 Å². The molecule has 2 heteroatoms. The maximum absolute atomic E-state index is 2.56. The van der Waals surface area contributed by atoms with Crippen molar-refractivity contribution in [2.45, 2.75) is 38.5 Å². The molecule has 0 N–H and O–H groups in total. The maximum Gasteiger partial charge on any atom is 0.242 e. The highest BCUT2D eigenvalue weighted by molar-refractivity contribution is 6.98. The molecule has 0 atom stereocenters. The molecule has 0 aliphatic carbocycles. The SMILES string of the molecule is CC1(C)c2ccccc2B(c2ccccc2)c2cc3ccc4c5c(cc6ccc1c2c6c35)B(c1ccccc1)c1ccccc1C4(C)C. The molecule has 0 fully saturated rings. The zero-order chi connectivity index (χ0) is 32.4. The fraction of sp³-hybridized carbons (Fsp3) is 0.130. The third kappa shape index (κ3) is 3.58. The molecule has 0 radical (unpaired) electrons. The lowest BCUT2D eigenvalue weighted by Crippen LogP contribution is -2.53. The minimum Gasteiger partial charge on any atom is -0.0686 e. The first kappa shape index (κ1) is 28.0. The van der Waals surface area contributed by atoms with E-state index in [0.717, 1.165) is 0 Å². The molecule has 0 unspecified atom stereocenters. The Morgan fingerprint density at radius 2 is 0.708 bits per heavy atom. The van der Waals surface area contributed by atoms with E-state index in [1.54, 1.807) is 0 Å². The van der Waals surface area contributed by atoms with Crippen LogP contribution in [0.1, 0.15) is 49.9 Å². The Hall–Kier alpha value is -5.07. The van der Waals surface area contributed by atoms with Crippen LogP contribution in [0.3, 0.4) is 0 Å². The summed E-state index contributed by atoms with van der Waals surface area (Å²) in [6.45, 7) is 10.0. The van der Waals surface area contributed by atoms with E-state index in [2.05, 4.69) is 173 Å². The van der Waals surface area contributed by atoms with Crippen LogP contribution in [0.4, 0.5) is 0 Å². The first-order valence-electron chi connectivity index (χ1n) is 17.4. The topological polar surface area (TPSA) is 0 Å². The zero-order valence-corrected chi connectivity index (χ0v) is 28.0. The van der Waals surface area contributed by atoms with Crippen LogP contribution in [0.15, 0.2) is 146 Å². The van der Waals surface area contributed by atoms with Crippen LogP contribution in [0.5, 0.6) is 0 Å². The van der Waals surface area contributed by atoms with Crippen LogP contribution in [0.25, 0.3) is 32.3 Å². The monoisotopic (exact) mass is 610 g/mol. The average Bonchev–Trinajstić information content (AvgIpc) is 3.25. The van der Waals surface area contributed by atoms with Gasteiger partial charge < -0.3 is 0 Å². The second kappa shape index (κ2) is 9.74. The Morgan fingerprint density at radius 1 is 0.333 bits per heavy atom. The second-order valence-electron chi connectivity index (χ2n) is 15.2. The molecule has 2 heterocycles. The molecule has 8 aromatic carbocycles. The van der Waals surface area contributed by atoms with Crippen molar-refractivity contribution in [2.75, 3.05) is 0 Å². The lowest BCUT2D eigenvalue weighted by molar-refractivity contribution is 0.652. The quantitative estimate of drug-likeness (QED) is 0.148. The van der Waals surface area contributed by atoms with Crippen molar-refractivity contribution in [1.29, 1.82) is 0 Å². The van der Waals surface area contributed by atoms with Gasteiger partial charge in [-0.25, -0.2) is 0 Å². The maximum atomic E-state index is 2.56. The Morgan fingerprint density at radius 3 is 1.12 bits per heavy atom. The van der Waals surface area contributed by atoms with Gasteiger partial charge in [0.1, 0.15) is 0 Å². The number of benzene rings is 8. The normalized spacial score (nSPS) is 15.8. The standard InChI is InChI=1S/C46H36B2/c1-45(2)33-19-11-13-21-37(33)47(31-15-7-5-8-16-31)39-27-30-24-26-36-44-40(28-29-23-25-35(45)43(39)41(29)42(30)44)48(32-17-9-6-10-18-32)38-22-14-12-20-34(38)46(36,3)4/h5-28H,1-4H3. The summed E-state index contributed by atoms with van der Waals surface area (Å²) >= 11 is 0. The molecule has 0 aromatic heterocycles. The van der Waals surface area contributed by atoms with Gasteiger partial charge in [0.05, 0.1) is 0 Å². The van der Waals surface area contributed by atoms with Crippen molar-refractivity contribution < 1.29 is 0 Å². The molecule has 0 nitrogen and oxygen atoms in total. The van der Waals surface area contributed by atoms with E-state index in [4.69, 9.17) is 0 Å². The fourth-order valence-corrected chi connectivity index (χ4v) is 9.86. The van der Waals surface area contributed by atoms with Crippen molar-refractivity contribution >= 4 is 78.5 Å². The fourth-order valence-electron chi connectivity index (χ4n) is 9.86. The molecule has 2 aliphatic heterocycles. The molecular formula is C46H36B2. The molecule has 2 aliphatic rings. The molecule has 0 amide bonds. The van der Waals surface area contributed by atoms with Crippen LogP contribution in [0, 0.1) is 0 Å².